The van der Waals surface area contributed by atoms with Crippen molar-refractivity contribution in [1.29, 1.82) is 0 Å². The second kappa shape index (κ2) is 8.96. The first kappa shape index (κ1) is 20.5. The van der Waals surface area contributed by atoms with Gasteiger partial charge in [0, 0.05) is 28.0 Å². The second-order valence-corrected chi connectivity index (χ2v) is 8.18. The lowest BCUT2D eigenvalue weighted by Crippen LogP contribution is -2.28. The molecule has 0 N–H and O–H groups in total. The molecular formula is C24H20BBrF2N2. The summed E-state index contributed by atoms with van der Waals surface area (Å²) >= 11 is 3.46. The van der Waals surface area contributed by atoms with Crippen LogP contribution in [0.25, 0.3) is 5.69 Å². The Hall–Kier alpha value is -2.73. The first-order valence-electron chi connectivity index (χ1n) is 9.82. The van der Waals surface area contributed by atoms with Crippen LogP contribution in [0.15, 0.2) is 83.5 Å². The number of halogens is 3. The lowest BCUT2D eigenvalue weighted by molar-refractivity contribution is 0.580. The van der Waals surface area contributed by atoms with Crippen molar-refractivity contribution >= 4 is 28.9 Å². The van der Waals surface area contributed by atoms with E-state index >= 15 is 0 Å². The molecule has 0 saturated carbocycles. The molecule has 0 aliphatic carbocycles. The van der Waals surface area contributed by atoms with E-state index in [1.807, 2.05) is 37.4 Å². The zero-order valence-corrected chi connectivity index (χ0v) is 18.1. The third-order valence-electron chi connectivity index (χ3n) is 5.31. The summed E-state index contributed by atoms with van der Waals surface area (Å²) < 4.78 is 32.3. The maximum atomic E-state index is 14.6. The molecule has 6 heteroatoms. The van der Waals surface area contributed by atoms with Crippen LogP contribution in [0.3, 0.4) is 0 Å². The van der Waals surface area contributed by atoms with Crippen LogP contribution >= 0.6 is 15.9 Å². The van der Waals surface area contributed by atoms with Crippen LogP contribution in [-0.4, -0.2) is 16.8 Å². The highest BCUT2D eigenvalue weighted by Gasteiger charge is 2.22. The highest BCUT2D eigenvalue weighted by Crippen LogP contribution is 2.31. The van der Waals surface area contributed by atoms with E-state index in [1.165, 1.54) is 12.1 Å². The molecule has 2 nitrogen and oxygen atoms in total. The molecule has 1 heterocycles. The average Bonchev–Trinajstić information content (AvgIpc) is 3.11. The molecule has 0 radical (unpaired) electrons. The fourth-order valence-corrected chi connectivity index (χ4v) is 4.14. The molecule has 4 aromatic rings. The van der Waals surface area contributed by atoms with Crippen molar-refractivity contribution in [3.63, 3.8) is 0 Å². The smallest absolute Gasteiger partial charge is 0.206 e. The second-order valence-electron chi connectivity index (χ2n) is 7.26. The minimum atomic E-state index is -0.400. The van der Waals surface area contributed by atoms with Crippen molar-refractivity contribution < 1.29 is 8.78 Å². The average molecular weight is 465 g/mol. The summed E-state index contributed by atoms with van der Waals surface area (Å²) in [6.07, 6.45) is 2.37. The van der Waals surface area contributed by atoms with Crippen LogP contribution < -0.4 is 5.72 Å². The molecule has 4 rings (SSSR count). The van der Waals surface area contributed by atoms with Crippen LogP contribution in [0, 0.1) is 18.6 Å². The fraction of sp³-hybridized carbons (Fsp3) is 0.125. The number of rotatable bonds is 6. The van der Waals surface area contributed by atoms with Gasteiger partial charge in [0.25, 0.3) is 0 Å². The van der Waals surface area contributed by atoms with Crippen molar-refractivity contribution in [3.05, 3.63) is 112 Å². The Balaban J connectivity index is 1.69. The summed E-state index contributed by atoms with van der Waals surface area (Å²) in [4.78, 5) is 4.58. The van der Waals surface area contributed by atoms with Crippen LogP contribution in [0.4, 0.5) is 8.78 Å². The lowest BCUT2D eigenvalue weighted by atomic mass is 9.65. The minimum absolute atomic E-state index is 0.321. The van der Waals surface area contributed by atoms with Gasteiger partial charge in [-0.05, 0) is 54.4 Å². The number of hydrogen-bond donors (Lipinski definition) is 0. The van der Waals surface area contributed by atoms with Crippen molar-refractivity contribution in [2.24, 2.45) is 0 Å². The van der Waals surface area contributed by atoms with Gasteiger partial charge in [0.1, 0.15) is 11.6 Å². The zero-order chi connectivity index (χ0) is 21.1. The van der Waals surface area contributed by atoms with Gasteiger partial charge in [-0.25, -0.2) is 8.78 Å². The van der Waals surface area contributed by atoms with Gasteiger partial charge >= 0.3 is 0 Å². The summed E-state index contributed by atoms with van der Waals surface area (Å²) in [6, 6.07) is 21.2. The normalized spacial score (nSPS) is 11.1. The first-order valence-corrected chi connectivity index (χ1v) is 10.6. The fourth-order valence-electron chi connectivity index (χ4n) is 3.87. The number of hydrogen-bond acceptors (Lipinski definition) is 1. The molecule has 30 heavy (non-hydrogen) atoms. The van der Waals surface area contributed by atoms with E-state index in [-0.39, 0.29) is 11.6 Å². The molecule has 0 amide bonds. The van der Waals surface area contributed by atoms with Gasteiger partial charge in [0.05, 0.1) is 5.72 Å². The molecule has 0 bridgehead atoms. The molecule has 0 aliphatic rings. The molecule has 0 atom stereocenters. The quantitative estimate of drug-likeness (QED) is 0.343. The summed E-state index contributed by atoms with van der Waals surface area (Å²) in [5.41, 5.74) is 3.90. The highest BCUT2D eigenvalue weighted by molar-refractivity contribution is 9.10. The van der Waals surface area contributed by atoms with Gasteiger partial charge in [-0.1, -0.05) is 58.6 Å². The van der Waals surface area contributed by atoms with Crippen LogP contribution in [0.1, 0.15) is 22.7 Å². The van der Waals surface area contributed by atoms with Gasteiger partial charge < -0.3 is 4.57 Å². The molecule has 0 aliphatic heterocycles. The monoisotopic (exact) mass is 464 g/mol. The largest absolute Gasteiger partial charge is 0.309 e. The van der Waals surface area contributed by atoms with E-state index in [9.17, 15) is 8.78 Å². The van der Waals surface area contributed by atoms with Crippen molar-refractivity contribution in [1.82, 2.24) is 9.55 Å². The van der Waals surface area contributed by atoms with Gasteiger partial charge in [0.15, 0.2) is 0 Å². The van der Waals surface area contributed by atoms with Gasteiger partial charge in [-0.3, -0.25) is 4.98 Å². The Labute approximate surface area is 184 Å². The number of nitrogens with zero attached hydrogens (tertiary/aromatic N) is 2. The standard InChI is InChI=1S/C24H20BBrF2N2/c1-16-15-29-24(30(16)18-12-10-17(26)11-13-18)25-14-21(19-6-2-4-8-22(19)27)20-7-3-5-9-23(20)28/h2-13,15,21,25H,14H2,1H3. The Bertz CT molecular complexity index is 1110. The Morgan fingerprint density at radius 1 is 0.900 bits per heavy atom. The van der Waals surface area contributed by atoms with Gasteiger partial charge in [0.2, 0.25) is 7.28 Å². The molecule has 1 aromatic heterocycles. The number of imidazole rings is 1. The molecule has 0 fully saturated rings. The number of benzene rings is 3. The van der Waals surface area contributed by atoms with E-state index in [1.54, 1.807) is 36.4 Å². The Morgan fingerprint density at radius 3 is 2.03 bits per heavy atom. The van der Waals surface area contributed by atoms with Gasteiger partial charge in [-0.2, -0.15) is 0 Å². The van der Waals surface area contributed by atoms with Gasteiger partial charge in [-0.15, -0.1) is 0 Å². The molecule has 0 spiro atoms. The summed E-state index contributed by atoms with van der Waals surface area (Å²) in [5.74, 6) is -1.04. The Morgan fingerprint density at radius 2 is 1.47 bits per heavy atom. The first-order chi connectivity index (χ1) is 14.5. The SMILES string of the molecule is Cc1cnc(BCC(c2ccccc2F)c2ccccc2F)n1-c1ccc(Br)cc1. The maximum Gasteiger partial charge on any atom is 0.206 e. The van der Waals surface area contributed by atoms with Crippen LogP contribution in [-0.2, 0) is 0 Å². The lowest BCUT2D eigenvalue weighted by Gasteiger charge is -2.19. The Kier molecular flexibility index (Phi) is 6.14. The third-order valence-corrected chi connectivity index (χ3v) is 5.84. The van der Waals surface area contributed by atoms with E-state index in [4.69, 9.17) is 0 Å². The third kappa shape index (κ3) is 4.24. The van der Waals surface area contributed by atoms with E-state index in [2.05, 4.69) is 25.5 Å². The molecule has 0 unspecified atom stereocenters. The van der Waals surface area contributed by atoms with E-state index < -0.39 is 5.92 Å². The molecule has 150 valence electrons. The molecular weight excluding hydrogens is 445 g/mol. The molecule has 0 saturated heterocycles. The number of aromatic nitrogens is 2. The maximum absolute atomic E-state index is 14.6. The van der Waals surface area contributed by atoms with Crippen molar-refractivity contribution in [2.45, 2.75) is 19.2 Å². The summed E-state index contributed by atoms with van der Waals surface area (Å²) in [6.45, 7) is 2.00. The highest BCUT2D eigenvalue weighted by atomic mass is 79.9. The van der Waals surface area contributed by atoms with Crippen molar-refractivity contribution in [2.75, 3.05) is 0 Å². The van der Waals surface area contributed by atoms with Crippen LogP contribution in [0.5, 0.6) is 0 Å². The predicted octanol–water partition coefficient (Wildman–Crippen LogP) is 5.53. The predicted molar refractivity (Wildman–Crippen MR) is 122 cm³/mol. The van der Waals surface area contributed by atoms with E-state index in [0.717, 1.165) is 21.6 Å². The van der Waals surface area contributed by atoms with Crippen molar-refractivity contribution in [3.8, 4) is 5.69 Å². The topological polar surface area (TPSA) is 17.8 Å². The molecule has 3 aromatic carbocycles. The summed E-state index contributed by atoms with van der Waals surface area (Å²) in [7, 11) is 0.581. The van der Waals surface area contributed by atoms with Crippen LogP contribution in [0.2, 0.25) is 6.32 Å². The zero-order valence-electron chi connectivity index (χ0n) is 16.5. The number of aryl methyl sites for hydroxylation is 1. The summed E-state index contributed by atoms with van der Waals surface area (Å²) in [5, 5.41) is 0. The minimum Gasteiger partial charge on any atom is -0.309 e. The van der Waals surface area contributed by atoms with E-state index in [0.29, 0.717) is 24.7 Å².